The molecule has 1 aromatic heterocycles. The zero-order chi connectivity index (χ0) is 19.2. The maximum Gasteiger partial charge on any atom is 0.374 e. The molecular weight excluding hydrogens is 348 g/mol. The number of carbonyl (C=O) groups excluding carboxylic acids is 2. The molecule has 0 spiro atoms. The van der Waals surface area contributed by atoms with Crippen molar-refractivity contribution in [3.8, 4) is 5.75 Å². The normalized spacial score (nSPS) is 10.6. The molecule has 27 heavy (non-hydrogen) atoms. The van der Waals surface area contributed by atoms with Crippen LogP contribution in [0, 0.1) is 6.92 Å². The van der Waals surface area contributed by atoms with Crippen LogP contribution in [0.4, 0.5) is 0 Å². The van der Waals surface area contributed by atoms with Crippen molar-refractivity contribution in [3.63, 3.8) is 0 Å². The molecule has 3 aromatic rings. The predicted octanol–water partition coefficient (Wildman–Crippen LogP) is 4.04. The predicted molar refractivity (Wildman–Crippen MR) is 98.6 cm³/mol. The Labute approximate surface area is 156 Å². The van der Waals surface area contributed by atoms with Gasteiger partial charge in [-0.05, 0) is 31.5 Å². The summed E-state index contributed by atoms with van der Waals surface area (Å²) in [6.07, 6.45) is 0. The molecule has 0 atom stereocenters. The average molecular weight is 368 g/mol. The third-order valence-corrected chi connectivity index (χ3v) is 3.98. The number of rotatable bonds is 7. The van der Waals surface area contributed by atoms with Crippen LogP contribution in [-0.4, -0.2) is 25.2 Å². The summed E-state index contributed by atoms with van der Waals surface area (Å²) < 4.78 is 21.4. The van der Waals surface area contributed by atoms with Crippen LogP contribution in [0.5, 0.6) is 5.75 Å². The van der Waals surface area contributed by atoms with Crippen LogP contribution < -0.4 is 4.74 Å². The van der Waals surface area contributed by atoms with Crippen LogP contribution in [0.1, 0.15) is 28.6 Å². The lowest BCUT2D eigenvalue weighted by molar-refractivity contribution is -0.147. The number of carbonyl (C=O) groups is 2. The Kier molecular flexibility index (Phi) is 5.76. The van der Waals surface area contributed by atoms with Crippen molar-refractivity contribution in [1.82, 2.24) is 0 Å². The molecule has 0 amide bonds. The second kappa shape index (κ2) is 8.40. The minimum Gasteiger partial charge on any atom is -0.482 e. The first kappa shape index (κ1) is 18.5. The molecular formula is C21H20O6. The van der Waals surface area contributed by atoms with Gasteiger partial charge in [-0.2, -0.15) is 0 Å². The largest absolute Gasteiger partial charge is 0.482 e. The first-order valence-electron chi connectivity index (χ1n) is 8.61. The fraction of sp³-hybridized carbons (Fsp3) is 0.238. The smallest absolute Gasteiger partial charge is 0.374 e. The lowest BCUT2D eigenvalue weighted by Gasteiger charge is -2.09. The standard InChI is InChI=1S/C21H20O6/c1-3-24-21(23)20-16(15-9-5-7-11-18(15)27-20)12-26-19(22)13-25-17-10-6-4-8-14(17)2/h4-11H,3,12-13H2,1-2H3. The average Bonchev–Trinajstić information content (AvgIpc) is 3.05. The lowest BCUT2D eigenvalue weighted by atomic mass is 10.1. The van der Waals surface area contributed by atoms with Crippen LogP contribution in [0.3, 0.4) is 0 Å². The summed E-state index contributed by atoms with van der Waals surface area (Å²) in [6.45, 7) is 3.49. The molecule has 0 saturated heterocycles. The van der Waals surface area contributed by atoms with Crippen molar-refractivity contribution in [2.24, 2.45) is 0 Å². The van der Waals surface area contributed by atoms with Crippen molar-refractivity contribution >= 4 is 22.9 Å². The molecule has 0 saturated carbocycles. The van der Waals surface area contributed by atoms with Gasteiger partial charge in [0.15, 0.2) is 6.61 Å². The monoisotopic (exact) mass is 368 g/mol. The van der Waals surface area contributed by atoms with Gasteiger partial charge in [0.1, 0.15) is 17.9 Å². The second-order valence-electron chi connectivity index (χ2n) is 5.84. The highest BCUT2D eigenvalue weighted by Gasteiger charge is 2.22. The van der Waals surface area contributed by atoms with Gasteiger partial charge in [-0.25, -0.2) is 9.59 Å². The number of aryl methyl sites for hydroxylation is 1. The van der Waals surface area contributed by atoms with E-state index in [0.29, 0.717) is 22.3 Å². The number of esters is 2. The van der Waals surface area contributed by atoms with Crippen LogP contribution in [-0.2, 0) is 20.9 Å². The van der Waals surface area contributed by atoms with Gasteiger partial charge >= 0.3 is 11.9 Å². The van der Waals surface area contributed by atoms with E-state index in [2.05, 4.69) is 0 Å². The molecule has 0 radical (unpaired) electrons. The molecule has 6 heteroatoms. The van der Waals surface area contributed by atoms with Crippen LogP contribution in [0.15, 0.2) is 52.9 Å². The van der Waals surface area contributed by atoms with E-state index >= 15 is 0 Å². The highest BCUT2D eigenvalue weighted by molar-refractivity contribution is 5.96. The maximum absolute atomic E-state index is 12.1. The lowest BCUT2D eigenvalue weighted by Crippen LogP contribution is -2.16. The fourth-order valence-corrected chi connectivity index (χ4v) is 2.65. The SMILES string of the molecule is CCOC(=O)c1oc2ccccc2c1COC(=O)COc1ccccc1C. The highest BCUT2D eigenvalue weighted by atomic mass is 16.6. The zero-order valence-electron chi connectivity index (χ0n) is 15.2. The Morgan fingerprint density at radius 2 is 1.74 bits per heavy atom. The Hall–Kier alpha value is -3.28. The molecule has 2 aromatic carbocycles. The van der Waals surface area contributed by atoms with E-state index in [1.165, 1.54) is 0 Å². The Bertz CT molecular complexity index is 956. The maximum atomic E-state index is 12.1. The molecule has 140 valence electrons. The molecule has 0 unspecified atom stereocenters. The highest BCUT2D eigenvalue weighted by Crippen LogP contribution is 2.27. The molecule has 0 aliphatic heterocycles. The van der Waals surface area contributed by atoms with Crippen LogP contribution in [0.25, 0.3) is 11.0 Å². The molecule has 3 rings (SSSR count). The number of fused-ring (bicyclic) bond motifs is 1. The van der Waals surface area contributed by atoms with Crippen LogP contribution >= 0.6 is 0 Å². The number of hydrogen-bond donors (Lipinski definition) is 0. The van der Waals surface area contributed by atoms with Gasteiger partial charge < -0.3 is 18.6 Å². The molecule has 0 bridgehead atoms. The van der Waals surface area contributed by atoms with Gasteiger partial charge in [0.05, 0.1) is 12.2 Å². The first-order valence-corrected chi connectivity index (χ1v) is 8.61. The van der Waals surface area contributed by atoms with Gasteiger partial charge in [0, 0.05) is 5.39 Å². The third kappa shape index (κ3) is 4.28. The summed E-state index contributed by atoms with van der Waals surface area (Å²) in [6, 6.07) is 14.6. The fourth-order valence-electron chi connectivity index (χ4n) is 2.65. The molecule has 0 aliphatic carbocycles. The van der Waals surface area contributed by atoms with Gasteiger partial charge in [-0.3, -0.25) is 0 Å². The number of furan rings is 1. The van der Waals surface area contributed by atoms with E-state index in [-0.39, 0.29) is 25.6 Å². The molecule has 0 aliphatic rings. The van der Waals surface area contributed by atoms with Crippen molar-refractivity contribution in [1.29, 1.82) is 0 Å². The van der Waals surface area contributed by atoms with Crippen molar-refractivity contribution < 1.29 is 28.2 Å². The number of ether oxygens (including phenoxy) is 3. The zero-order valence-corrected chi connectivity index (χ0v) is 15.2. The van der Waals surface area contributed by atoms with E-state index in [1.807, 2.05) is 31.2 Å². The number of benzene rings is 2. The summed E-state index contributed by atoms with van der Waals surface area (Å²) in [5, 5.41) is 0.702. The van der Waals surface area contributed by atoms with Crippen molar-refractivity contribution in [2.75, 3.05) is 13.2 Å². The van der Waals surface area contributed by atoms with Gasteiger partial charge in [-0.1, -0.05) is 36.4 Å². The summed E-state index contributed by atoms with van der Waals surface area (Å²) in [7, 11) is 0. The molecule has 1 heterocycles. The Morgan fingerprint density at radius 3 is 2.52 bits per heavy atom. The second-order valence-corrected chi connectivity index (χ2v) is 5.84. The number of hydrogen-bond acceptors (Lipinski definition) is 6. The van der Waals surface area contributed by atoms with Crippen LogP contribution in [0.2, 0.25) is 0 Å². The minimum absolute atomic E-state index is 0.0469. The summed E-state index contributed by atoms with van der Waals surface area (Å²) >= 11 is 0. The molecule has 0 fully saturated rings. The van der Waals surface area contributed by atoms with Crippen molar-refractivity contribution in [3.05, 3.63) is 65.4 Å². The Morgan fingerprint density at radius 1 is 1.00 bits per heavy atom. The van der Waals surface area contributed by atoms with Crippen molar-refractivity contribution in [2.45, 2.75) is 20.5 Å². The number of para-hydroxylation sites is 2. The van der Waals surface area contributed by atoms with Gasteiger partial charge in [-0.15, -0.1) is 0 Å². The Balaban J connectivity index is 1.70. The van der Waals surface area contributed by atoms with E-state index in [4.69, 9.17) is 18.6 Å². The van der Waals surface area contributed by atoms with E-state index in [0.717, 1.165) is 5.56 Å². The summed E-state index contributed by atoms with van der Waals surface area (Å²) in [5.74, 6) is -0.463. The van der Waals surface area contributed by atoms with Gasteiger partial charge in [0.2, 0.25) is 5.76 Å². The molecule has 0 N–H and O–H groups in total. The summed E-state index contributed by atoms with van der Waals surface area (Å²) in [5.41, 5.74) is 1.94. The molecule has 6 nitrogen and oxygen atoms in total. The summed E-state index contributed by atoms with van der Waals surface area (Å²) in [4.78, 5) is 24.2. The van der Waals surface area contributed by atoms with E-state index in [9.17, 15) is 9.59 Å². The van der Waals surface area contributed by atoms with E-state index < -0.39 is 11.9 Å². The van der Waals surface area contributed by atoms with Gasteiger partial charge in [0.25, 0.3) is 0 Å². The minimum atomic E-state index is -0.587. The van der Waals surface area contributed by atoms with E-state index in [1.54, 1.807) is 31.2 Å². The third-order valence-electron chi connectivity index (χ3n) is 3.98. The quantitative estimate of drug-likeness (QED) is 0.586. The topological polar surface area (TPSA) is 75.0 Å². The first-order chi connectivity index (χ1) is 13.1.